The van der Waals surface area contributed by atoms with E-state index in [1.807, 2.05) is 7.05 Å². The van der Waals surface area contributed by atoms with Crippen LogP contribution in [0.5, 0.6) is 0 Å². The molecule has 0 aromatic rings. The van der Waals surface area contributed by atoms with Crippen LogP contribution in [-0.4, -0.2) is 67.0 Å². The molecule has 0 radical (unpaired) electrons. The minimum Gasteiger partial charge on any atom is -0.380 e. The van der Waals surface area contributed by atoms with Gasteiger partial charge in [0.05, 0.1) is 6.61 Å². The predicted octanol–water partition coefficient (Wildman–Crippen LogP) is 1.28. The van der Waals surface area contributed by atoms with Crippen LogP contribution in [0.2, 0.25) is 0 Å². The number of nitrogens with one attached hydrogen (secondary N) is 2. The van der Waals surface area contributed by atoms with Crippen molar-refractivity contribution in [3.05, 3.63) is 6.08 Å². The zero-order valence-electron chi connectivity index (χ0n) is 14.6. The SMILES string of the molecule is CNCCCC(=S)[C@@H](C(N)=O)N(CCC=C=N)C1CCCCOC1. The Balaban J connectivity index is 2.89. The number of hydrogen-bond donors (Lipinski definition) is 3. The molecule has 0 saturated carbocycles. The van der Waals surface area contributed by atoms with Gasteiger partial charge in [0.1, 0.15) is 6.04 Å². The third-order valence-corrected chi connectivity index (χ3v) is 4.67. The molecule has 1 amide bonds. The fraction of sp³-hybridized carbons (Fsp3) is 0.765. The second kappa shape index (κ2) is 12.3. The maximum atomic E-state index is 12.2. The topological polar surface area (TPSA) is 91.4 Å². The molecular weight excluding hydrogens is 324 g/mol. The Bertz CT molecular complexity index is 444. The van der Waals surface area contributed by atoms with Crippen molar-refractivity contribution < 1.29 is 9.53 Å². The van der Waals surface area contributed by atoms with Gasteiger partial charge in [0.15, 0.2) is 0 Å². The summed E-state index contributed by atoms with van der Waals surface area (Å²) in [6.07, 6.45) is 6.95. The first-order valence-electron chi connectivity index (χ1n) is 8.65. The van der Waals surface area contributed by atoms with E-state index in [-0.39, 0.29) is 6.04 Å². The van der Waals surface area contributed by atoms with Gasteiger partial charge in [-0.05, 0) is 64.1 Å². The monoisotopic (exact) mass is 354 g/mol. The summed E-state index contributed by atoms with van der Waals surface area (Å²) >= 11 is 5.55. The van der Waals surface area contributed by atoms with E-state index in [1.54, 1.807) is 6.08 Å². The van der Waals surface area contributed by atoms with Crippen LogP contribution in [0.1, 0.15) is 38.5 Å². The smallest absolute Gasteiger partial charge is 0.239 e. The second-order valence-electron chi connectivity index (χ2n) is 6.08. The average molecular weight is 355 g/mol. The van der Waals surface area contributed by atoms with Gasteiger partial charge in [-0.15, -0.1) is 0 Å². The molecule has 6 nitrogen and oxygen atoms in total. The number of amides is 1. The number of nitrogens with two attached hydrogens (primary N) is 1. The summed E-state index contributed by atoms with van der Waals surface area (Å²) in [5.41, 5.74) is 5.71. The van der Waals surface area contributed by atoms with E-state index in [4.69, 9.17) is 28.1 Å². The van der Waals surface area contributed by atoms with Crippen molar-refractivity contribution in [2.75, 3.05) is 33.4 Å². The lowest BCUT2D eigenvalue weighted by atomic mass is 10.0. The number of primary amides is 1. The van der Waals surface area contributed by atoms with Crippen LogP contribution in [0.15, 0.2) is 6.08 Å². The number of ether oxygens (including phenoxy) is 1. The largest absolute Gasteiger partial charge is 0.380 e. The first-order chi connectivity index (χ1) is 11.6. The molecular formula is C17H30N4O2S. The van der Waals surface area contributed by atoms with Gasteiger partial charge < -0.3 is 15.8 Å². The summed E-state index contributed by atoms with van der Waals surface area (Å²) in [5, 5.41) is 10.1. The zero-order chi connectivity index (χ0) is 17.8. The molecule has 136 valence electrons. The number of rotatable bonds is 11. The van der Waals surface area contributed by atoms with Crippen LogP contribution in [0.3, 0.4) is 0 Å². The minimum absolute atomic E-state index is 0.131. The highest BCUT2D eigenvalue weighted by Crippen LogP contribution is 2.19. The quantitative estimate of drug-likeness (QED) is 0.295. The Morgan fingerprint density at radius 1 is 1.58 bits per heavy atom. The Morgan fingerprint density at radius 2 is 2.38 bits per heavy atom. The Hall–Kier alpha value is -1.11. The first kappa shape index (κ1) is 20.9. The van der Waals surface area contributed by atoms with Gasteiger partial charge >= 0.3 is 0 Å². The highest BCUT2D eigenvalue weighted by atomic mass is 32.1. The van der Waals surface area contributed by atoms with E-state index < -0.39 is 11.9 Å². The van der Waals surface area contributed by atoms with Crippen LogP contribution in [0, 0.1) is 5.41 Å². The van der Waals surface area contributed by atoms with E-state index >= 15 is 0 Å². The standard InChI is InChI=1S/C17H30N4O2S/c1-20-10-6-8-15(24)16(17(19)22)21(11-4-3-9-18)14-7-2-5-12-23-13-14/h3,14,16,18,20H,2,4-8,10-13H2,1H3,(H2,19,22)/t14?,16-/m0/s1. The fourth-order valence-corrected chi connectivity index (χ4v) is 3.44. The van der Waals surface area contributed by atoms with Gasteiger partial charge in [0, 0.05) is 24.1 Å². The molecule has 1 fully saturated rings. The van der Waals surface area contributed by atoms with Gasteiger partial charge in [0.2, 0.25) is 5.91 Å². The summed E-state index contributed by atoms with van der Waals surface area (Å²) in [4.78, 5) is 14.9. The summed E-state index contributed by atoms with van der Waals surface area (Å²) in [7, 11) is 1.90. The van der Waals surface area contributed by atoms with Crippen LogP contribution in [0.25, 0.3) is 0 Å². The van der Waals surface area contributed by atoms with E-state index in [0.717, 1.165) is 38.8 Å². The van der Waals surface area contributed by atoms with Crippen LogP contribution in [-0.2, 0) is 9.53 Å². The molecule has 1 unspecified atom stereocenters. The lowest BCUT2D eigenvalue weighted by molar-refractivity contribution is -0.122. The normalized spacial score (nSPS) is 19.3. The van der Waals surface area contributed by atoms with Crippen LogP contribution in [0.4, 0.5) is 0 Å². The molecule has 1 heterocycles. The molecule has 0 bridgehead atoms. The van der Waals surface area contributed by atoms with Crippen molar-refractivity contribution in [1.82, 2.24) is 10.2 Å². The lowest BCUT2D eigenvalue weighted by Gasteiger charge is -2.36. The highest BCUT2D eigenvalue weighted by molar-refractivity contribution is 7.80. The third kappa shape index (κ3) is 7.20. The fourth-order valence-electron chi connectivity index (χ4n) is 3.04. The Kier molecular flexibility index (Phi) is 10.7. The van der Waals surface area contributed by atoms with Gasteiger partial charge in [-0.1, -0.05) is 12.2 Å². The molecule has 1 aliphatic rings. The van der Waals surface area contributed by atoms with Crippen molar-refractivity contribution in [3.8, 4) is 0 Å². The van der Waals surface area contributed by atoms with Crippen molar-refractivity contribution in [2.24, 2.45) is 5.73 Å². The minimum atomic E-state index is -0.553. The summed E-state index contributed by atoms with van der Waals surface area (Å²) in [6.45, 7) is 2.84. The Labute approximate surface area is 150 Å². The molecule has 0 aromatic carbocycles. The van der Waals surface area contributed by atoms with E-state index in [1.165, 1.54) is 0 Å². The number of carbonyl (C=O) groups excluding carboxylic acids is 1. The number of carbonyl (C=O) groups is 1. The van der Waals surface area contributed by atoms with Crippen LogP contribution < -0.4 is 11.1 Å². The average Bonchev–Trinajstić information content (AvgIpc) is 2.83. The van der Waals surface area contributed by atoms with Crippen LogP contribution >= 0.6 is 12.2 Å². The van der Waals surface area contributed by atoms with Crippen molar-refractivity contribution in [1.29, 1.82) is 5.41 Å². The molecule has 1 saturated heterocycles. The van der Waals surface area contributed by atoms with E-state index in [9.17, 15) is 4.79 Å². The molecule has 0 aromatic heterocycles. The predicted molar refractivity (Wildman–Crippen MR) is 101 cm³/mol. The maximum absolute atomic E-state index is 12.2. The third-order valence-electron chi connectivity index (χ3n) is 4.25. The van der Waals surface area contributed by atoms with Crippen molar-refractivity contribution in [2.45, 2.75) is 50.6 Å². The lowest BCUT2D eigenvalue weighted by Crippen LogP contribution is -2.55. The molecule has 0 aliphatic carbocycles. The van der Waals surface area contributed by atoms with Gasteiger partial charge in [-0.3, -0.25) is 15.1 Å². The molecule has 4 N–H and O–H groups in total. The van der Waals surface area contributed by atoms with E-state index in [0.29, 0.717) is 30.9 Å². The molecule has 1 aliphatic heterocycles. The van der Waals surface area contributed by atoms with Crippen molar-refractivity contribution >= 4 is 28.9 Å². The van der Waals surface area contributed by atoms with Gasteiger partial charge in [-0.25, -0.2) is 0 Å². The molecule has 24 heavy (non-hydrogen) atoms. The molecule has 7 heteroatoms. The number of nitrogens with zero attached hydrogens (tertiary/aromatic N) is 1. The first-order valence-corrected chi connectivity index (χ1v) is 9.06. The second-order valence-corrected chi connectivity index (χ2v) is 6.60. The Morgan fingerprint density at radius 3 is 3.04 bits per heavy atom. The van der Waals surface area contributed by atoms with Gasteiger partial charge in [0.25, 0.3) is 0 Å². The summed E-state index contributed by atoms with van der Waals surface area (Å²) < 4.78 is 5.69. The molecule has 2 atom stereocenters. The maximum Gasteiger partial charge on any atom is 0.239 e. The summed E-state index contributed by atoms with van der Waals surface area (Å²) in [5.74, 6) is 1.89. The zero-order valence-corrected chi connectivity index (χ0v) is 15.4. The molecule has 0 spiro atoms. The van der Waals surface area contributed by atoms with E-state index in [2.05, 4.69) is 16.1 Å². The van der Waals surface area contributed by atoms with Gasteiger partial charge in [-0.2, -0.15) is 0 Å². The number of thiocarbonyl (C=S) groups is 1. The highest BCUT2D eigenvalue weighted by Gasteiger charge is 2.33. The summed E-state index contributed by atoms with van der Waals surface area (Å²) in [6, 6.07) is -0.422. The molecule has 1 rings (SSSR count). The van der Waals surface area contributed by atoms with Crippen molar-refractivity contribution in [3.63, 3.8) is 0 Å². The number of hydrogen-bond acceptors (Lipinski definition) is 6.